The molecule has 0 atom stereocenters. The van der Waals surface area contributed by atoms with E-state index >= 15 is 0 Å². The van der Waals surface area contributed by atoms with Crippen LogP contribution in [0.3, 0.4) is 0 Å². The average molecular weight is 505 g/mol. The van der Waals surface area contributed by atoms with Gasteiger partial charge in [-0.2, -0.15) is 0 Å². The fraction of sp³-hybridized carbons (Fsp3) is 0.188. The molecule has 6 nitrogen and oxygen atoms in total. The van der Waals surface area contributed by atoms with Crippen LogP contribution in [0.4, 0.5) is 22.7 Å². The maximum Gasteiger partial charge on any atom is 0.318 e. The summed E-state index contributed by atoms with van der Waals surface area (Å²) in [4.78, 5) is 30.9. The third-order valence-corrected chi connectivity index (χ3v) is 7.48. The third-order valence-electron chi connectivity index (χ3n) is 7.48. The molecule has 0 amide bonds. The molecule has 0 spiro atoms. The third kappa shape index (κ3) is 3.89. The summed E-state index contributed by atoms with van der Waals surface area (Å²) in [5.74, 6) is -1.79. The van der Waals surface area contributed by atoms with Crippen molar-refractivity contribution in [2.75, 3.05) is 37.1 Å². The zero-order valence-electron chi connectivity index (χ0n) is 21.3. The standard InChI is InChI=1S/C32H28N2O4/c1-33-25-15-7-3-11-21(25)29(22-12-4-8-16-26(22)33)31(35)37-19-20-38-32(36)30-23-13-5-9-17-27(23)34(2)28-18-10-6-14-24(28)30/h3-18,29-30H,19-20H2,1-2H3. The van der Waals surface area contributed by atoms with Crippen LogP contribution in [0.1, 0.15) is 34.1 Å². The van der Waals surface area contributed by atoms with Crippen molar-refractivity contribution in [1.29, 1.82) is 0 Å². The lowest BCUT2D eigenvalue weighted by atomic mass is 9.85. The average Bonchev–Trinajstić information content (AvgIpc) is 2.96. The molecular formula is C32H28N2O4. The molecular weight excluding hydrogens is 476 g/mol. The van der Waals surface area contributed by atoms with E-state index in [2.05, 4.69) is 9.80 Å². The van der Waals surface area contributed by atoms with Crippen molar-refractivity contribution in [1.82, 2.24) is 0 Å². The molecule has 0 aromatic heterocycles. The Hall–Kier alpha value is -4.58. The monoisotopic (exact) mass is 504 g/mol. The van der Waals surface area contributed by atoms with Crippen molar-refractivity contribution in [3.8, 4) is 0 Å². The zero-order chi connectivity index (χ0) is 26.2. The minimum atomic E-state index is -0.540. The van der Waals surface area contributed by atoms with Crippen molar-refractivity contribution in [3.05, 3.63) is 119 Å². The van der Waals surface area contributed by atoms with E-state index in [-0.39, 0.29) is 25.2 Å². The van der Waals surface area contributed by atoms with E-state index < -0.39 is 11.8 Å². The van der Waals surface area contributed by atoms with Gasteiger partial charge in [-0.3, -0.25) is 9.59 Å². The summed E-state index contributed by atoms with van der Waals surface area (Å²) in [6.45, 7) is -0.0334. The normalized spacial score (nSPS) is 14.2. The van der Waals surface area contributed by atoms with E-state index in [4.69, 9.17) is 9.47 Å². The van der Waals surface area contributed by atoms with Crippen LogP contribution in [-0.2, 0) is 19.1 Å². The topological polar surface area (TPSA) is 59.1 Å². The highest BCUT2D eigenvalue weighted by molar-refractivity contribution is 5.92. The van der Waals surface area contributed by atoms with E-state index in [9.17, 15) is 9.59 Å². The van der Waals surface area contributed by atoms with Crippen molar-refractivity contribution in [2.24, 2.45) is 0 Å². The van der Waals surface area contributed by atoms with Gasteiger partial charge in [-0.05, 0) is 46.5 Å². The van der Waals surface area contributed by atoms with Gasteiger partial charge >= 0.3 is 11.9 Å². The maximum atomic E-state index is 13.4. The Morgan fingerprint density at radius 2 is 0.789 bits per heavy atom. The summed E-state index contributed by atoms with van der Waals surface area (Å²) >= 11 is 0. The number of nitrogens with zero attached hydrogens (tertiary/aromatic N) is 2. The molecule has 0 saturated heterocycles. The molecule has 6 rings (SSSR count). The first-order chi connectivity index (χ1) is 18.6. The first kappa shape index (κ1) is 23.8. The molecule has 190 valence electrons. The van der Waals surface area contributed by atoms with Crippen LogP contribution < -0.4 is 9.80 Å². The van der Waals surface area contributed by atoms with Crippen LogP contribution in [0.5, 0.6) is 0 Å². The molecule has 0 unspecified atom stereocenters. The van der Waals surface area contributed by atoms with Crippen LogP contribution in [0.25, 0.3) is 0 Å². The van der Waals surface area contributed by atoms with Crippen molar-refractivity contribution >= 4 is 34.7 Å². The number of hydrogen-bond donors (Lipinski definition) is 0. The van der Waals surface area contributed by atoms with Crippen LogP contribution in [-0.4, -0.2) is 39.2 Å². The van der Waals surface area contributed by atoms with E-state index in [0.717, 1.165) is 45.0 Å². The Bertz CT molecular complexity index is 1320. The first-order valence-corrected chi connectivity index (χ1v) is 12.7. The number of fused-ring (bicyclic) bond motifs is 4. The van der Waals surface area contributed by atoms with Crippen molar-refractivity contribution in [3.63, 3.8) is 0 Å². The number of hydrogen-bond acceptors (Lipinski definition) is 6. The molecule has 38 heavy (non-hydrogen) atoms. The number of benzene rings is 4. The number of ether oxygens (including phenoxy) is 2. The fourth-order valence-electron chi connectivity index (χ4n) is 5.70. The molecule has 6 heteroatoms. The minimum absolute atomic E-state index is 0.0167. The van der Waals surface area contributed by atoms with E-state index in [1.54, 1.807) is 0 Å². The summed E-state index contributed by atoms with van der Waals surface area (Å²) in [5.41, 5.74) is 7.48. The molecule has 4 aromatic carbocycles. The van der Waals surface area contributed by atoms with Gasteiger partial charge in [-0.15, -0.1) is 0 Å². The molecule has 2 heterocycles. The Labute approximate surface area is 222 Å². The summed E-state index contributed by atoms with van der Waals surface area (Å²) < 4.78 is 11.4. The quantitative estimate of drug-likeness (QED) is 0.249. The molecule has 0 saturated carbocycles. The highest BCUT2D eigenvalue weighted by Gasteiger charge is 2.36. The van der Waals surface area contributed by atoms with Gasteiger partial charge in [-0.25, -0.2) is 0 Å². The molecule has 2 aliphatic heterocycles. The van der Waals surface area contributed by atoms with Crippen LogP contribution >= 0.6 is 0 Å². The molecule has 2 aliphatic rings. The smallest absolute Gasteiger partial charge is 0.318 e. The lowest BCUT2D eigenvalue weighted by Gasteiger charge is -2.34. The number of rotatable bonds is 5. The zero-order valence-corrected chi connectivity index (χ0v) is 21.3. The highest BCUT2D eigenvalue weighted by Crippen LogP contribution is 2.46. The van der Waals surface area contributed by atoms with Crippen LogP contribution in [0, 0.1) is 0 Å². The van der Waals surface area contributed by atoms with Crippen molar-refractivity contribution in [2.45, 2.75) is 11.8 Å². The Morgan fingerprint density at radius 3 is 1.08 bits per heavy atom. The van der Waals surface area contributed by atoms with Gasteiger partial charge < -0.3 is 19.3 Å². The Balaban J connectivity index is 1.17. The van der Waals surface area contributed by atoms with Gasteiger partial charge in [0.15, 0.2) is 0 Å². The van der Waals surface area contributed by atoms with E-state index in [1.807, 2.05) is 111 Å². The first-order valence-electron chi connectivity index (χ1n) is 12.7. The summed E-state index contributed by atoms with van der Waals surface area (Å²) in [6.07, 6.45) is 0. The van der Waals surface area contributed by atoms with Gasteiger partial charge in [0.05, 0.1) is 0 Å². The number of carbonyl (C=O) groups is 2. The molecule has 4 aromatic rings. The van der Waals surface area contributed by atoms with E-state index in [1.165, 1.54) is 0 Å². The van der Waals surface area contributed by atoms with Gasteiger partial charge in [0.25, 0.3) is 0 Å². The Morgan fingerprint density at radius 1 is 0.526 bits per heavy atom. The summed E-state index contributed by atoms with van der Waals surface area (Å²) in [5, 5.41) is 0. The highest BCUT2D eigenvalue weighted by atomic mass is 16.6. The number of para-hydroxylation sites is 4. The SMILES string of the molecule is CN1c2ccccc2C(C(=O)OCCOC(=O)C2c3ccccc3N(C)c3ccccc32)c2ccccc21. The predicted octanol–water partition coefficient (Wildman–Crippen LogP) is 5.90. The number of esters is 2. The van der Waals surface area contributed by atoms with Crippen LogP contribution in [0.15, 0.2) is 97.1 Å². The largest absolute Gasteiger partial charge is 0.461 e. The lowest BCUT2D eigenvalue weighted by Crippen LogP contribution is -2.29. The second kappa shape index (κ2) is 9.71. The lowest BCUT2D eigenvalue weighted by molar-refractivity contribution is -0.153. The summed E-state index contributed by atoms with van der Waals surface area (Å²) in [7, 11) is 4.00. The predicted molar refractivity (Wildman–Crippen MR) is 147 cm³/mol. The van der Waals surface area contributed by atoms with Crippen molar-refractivity contribution < 1.29 is 19.1 Å². The van der Waals surface area contributed by atoms with Gasteiger partial charge in [0.1, 0.15) is 25.0 Å². The molecule has 0 radical (unpaired) electrons. The van der Waals surface area contributed by atoms with Gasteiger partial charge in [0.2, 0.25) is 0 Å². The van der Waals surface area contributed by atoms with Crippen LogP contribution in [0.2, 0.25) is 0 Å². The second-order valence-electron chi connectivity index (χ2n) is 9.55. The molecule has 0 bridgehead atoms. The van der Waals surface area contributed by atoms with E-state index in [0.29, 0.717) is 0 Å². The number of anilines is 4. The molecule has 0 fully saturated rings. The Kier molecular flexibility index (Phi) is 6.08. The fourth-order valence-corrected chi connectivity index (χ4v) is 5.70. The molecule has 0 aliphatic carbocycles. The number of carbonyl (C=O) groups excluding carboxylic acids is 2. The maximum absolute atomic E-state index is 13.4. The molecule has 0 N–H and O–H groups in total. The van der Waals surface area contributed by atoms with Gasteiger partial charge in [0, 0.05) is 36.8 Å². The minimum Gasteiger partial charge on any atom is -0.461 e. The van der Waals surface area contributed by atoms with Gasteiger partial charge in [-0.1, -0.05) is 72.8 Å². The second-order valence-corrected chi connectivity index (χ2v) is 9.55. The summed E-state index contributed by atoms with van der Waals surface area (Å²) in [6, 6.07) is 31.4.